The van der Waals surface area contributed by atoms with Crippen LogP contribution in [-0.4, -0.2) is 19.1 Å². The second kappa shape index (κ2) is 7.13. The monoisotopic (exact) mass is 367 g/mol. The Morgan fingerprint density at radius 1 is 1.09 bits per heavy atom. The Morgan fingerprint density at radius 3 is 2.41 bits per heavy atom. The zero-order valence-corrected chi connectivity index (χ0v) is 13.6. The molecule has 0 bridgehead atoms. The Balaban J connectivity index is 2.17. The Labute approximate surface area is 135 Å². The predicted octanol–water partition coefficient (Wildman–Crippen LogP) is 3.95. The van der Waals surface area contributed by atoms with Gasteiger partial charge in [-0.3, -0.25) is 10.1 Å². The van der Waals surface area contributed by atoms with E-state index in [-0.39, 0.29) is 18.0 Å². The fourth-order valence-corrected chi connectivity index (χ4v) is 2.44. The summed E-state index contributed by atoms with van der Waals surface area (Å²) in [5.74, 6) is 1.31. The molecule has 22 heavy (non-hydrogen) atoms. The van der Waals surface area contributed by atoms with E-state index in [0.717, 1.165) is 10.0 Å². The third kappa shape index (κ3) is 3.67. The Bertz CT molecular complexity index is 690. The van der Waals surface area contributed by atoms with E-state index in [4.69, 9.17) is 14.2 Å². The average molecular weight is 368 g/mol. The van der Waals surface area contributed by atoms with Gasteiger partial charge in [-0.2, -0.15) is 0 Å². The minimum Gasteiger partial charge on any atom is -0.496 e. The SMILES string of the molecule is COc1ccc(OCc2ccc(OC)c(Br)c2)c([N+](=O)[O-])c1. The molecule has 0 amide bonds. The van der Waals surface area contributed by atoms with E-state index in [1.54, 1.807) is 19.2 Å². The van der Waals surface area contributed by atoms with Crippen molar-refractivity contribution >= 4 is 21.6 Å². The average Bonchev–Trinajstić information content (AvgIpc) is 2.52. The van der Waals surface area contributed by atoms with E-state index >= 15 is 0 Å². The van der Waals surface area contributed by atoms with Gasteiger partial charge in [-0.15, -0.1) is 0 Å². The number of nitrogens with zero attached hydrogens (tertiary/aromatic N) is 1. The first-order chi connectivity index (χ1) is 10.5. The van der Waals surface area contributed by atoms with Gasteiger partial charge in [-0.25, -0.2) is 0 Å². The van der Waals surface area contributed by atoms with Gasteiger partial charge in [0.25, 0.3) is 0 Å². The largest absolute Gasteiger partial charge is 0.496 e. The van der Waals surface area contributed by atoms with Gasteiger partial charge in [0, 0.05) is 0 Å². The van der Waals surface area contributed by atoms with Crippen molar-refractivity contribution in [2.24, 2.45) is 0 Å². The van der Waals surface area contributed by atoms with Crippen molar-refractivity contribution in [3.05, 3.63) is 56.5 Å². The van der Waals surface area contributed by atoms with Crippen LogP contribution in [-0.2, 0) is 6.61 Å². The van der Waals surface area contributed by atoms with Crippen LogP contribution in [0.3, 0.4) is 0 Å². The van der Waals surface area contributed by atoms with Crippen LogP contribution in [0.15, 0.2) is 40.9 Å². The van der Waals surface area contributed by atoms with Crippen LogP contribution in [0.4, 0.5) is 5.69 Å². The van der Waals surface area contributed by atoms with Gasteiger partial charge in [0.15, 0.2) is 5.75 Å². The van der Waals surface area contributed by atoms with E-state index in [2.05, 4.69) is 15.9 Å². The van der Waals surface area contributed by atoms with Crippen molar-refractivity contribution < 1.29 is 19.1 Å². The molecule has 0 atom stereocenters. The summed E-state index contributed by atoms with van der Waals surface area (Å²) in [6, 6.07) is 9.94. The van der Waals surface area contributed by atoms with Crippen LogP contribution in [0.25, 0.3) is 0 Å². The second-order valence-electron chi connectivity index (χ2n) is 4.35. The molecule has 0 aromatic heterocycles. The first-order valence-electron chi connectivity index (χ1n) is 6.32. The summed E-state index contributed by atoms with van der Waals surface area (Å²) < 4.78 is 16.5. The van der Waals surface area contributed by atoms with Gasteiger partial charge in [0.1, 0.15) is 18.1 Å². The van der Waals surface area contributed by atoms with E-state index < -0.39 is 4.92 Å². The van der Waals surface area contributed by atoms with Crippen molar-refractivity contribution in [2.75, 3.05) is 14.2 Å². The molecule has 0 aliphatic carbocycles. The minimum atomic E-state index is -0.498. The first kappa shape index (κ1) is 16.1. The van der Waals surface area contributed by atoms with Gasteiger partial charge >= 0.3 is 5.69 Å². The van der Waals surface area contributed by atoms with Gasteiger partial charge < -0.3 is 14.2 Å². The number of nitro groups is 1. The smallest absolute Gasteiger partial charge is 0.314 e. The summed E-state index contributed by atoms with van der Waals surface area (Å²) in [7, 11) is 3.03. The third-order valence-electron chi connectivity index (χ3n) is 2.97. The third-order valence-corrected chi connectivity index (χ3v) is 3.59. The fourth-order valence-electron chi connectivity index (χ4n) is 1.85. The molecule has 0 N–H and O–H groups in total. The number of methoxy groups -OCH3 is 2. The summed E-state index contributed by atoms with van der Waals surface area (Å²) in [4.78, 5) is 10.6. The fraction of sp³-hybridized carbons (Fsp3) is 0.200. The maximum Gasteiger partial charge on any atom is 0.314 e. The summed E-state index contributed by atoms with van der Waals surface area (Å²) in [6.07, 6.45) is 0. The second-order valence-corrected chi connectivity index (χ2v) is 5.20. The number of ether oxygens (including phenoxy) is 3. The number of benzene rings is 2. The van der Waals surface area contributed by atoms with Crippen molar-refractivity contribution in [2.45, 2.75) is 6.61 Å². The lowest BCUT2D eigenvalue weighted by molar-refractivity contribution is -0.386. The summed E-state index contributed by atoms with van der Waals surface area (Å²) in [5.41, 5.74) is 0.727. The molecule has 2 rings (SSSR count). The molecule has 7 heteroatoms. The van der Waals surface area contributed by atoms with Crippen molar-refractivity contribution in [1.29, 1.82) is 0 Å². The van der Waals surface area contributed by atoms with Crippen LogP contribution in [0, 0.1) is 10.1 Å². The van der Waals surface area contributed by atoms with E-state index in [1.165, 1.54) is 19.2 Å². The van der Waals surface area contributed by atoms with Crippen LogP contribution in [0.1, 0.15) is 5.56 Å². The molecule has 0 fully saturated rings. The highest BCUT2D eigenvalue weighted by Gasteiger charge is 2.16. The maximum atomic E-state index is 11.1. The molecule has 2 aromatic carbocycles. The molecule has 0 saturated carbocycles. The highest BCUT2D eigenvalue weighted by Crippen LogP contribution is 2.32. The zero-order chi connectivity index (χ0) is 16.1. The first-order valence-corrected chi connectivity index (χ1v) is 7.12. The Kier molecular flexibility index (Phi) is 5.21. The molecule has 0 heterocycles. The zero-order valence-electron chi connectivity index (χ0n) is 12.0. The minimum absolute atomic E-state index is 0.132. The maximum absolute atomic E-state index is 11.1. The Hall–Kier alpha value is -2.28. The molecule has 0 radical (unpaired) electrons. The van der Waals surface area contributed by atoms with Crippen LogP contribution in [0.5, 0.6) is 17.2 Å². The highest BCUT2D eigenvalue weighted by molar-refractivity contribution is 9.10. The molecule has 0 aliphatic heterocycles. The molecular formula is C15H14BrNO5. The number of hydrogen-bond acceptors (Lipinski definition) is 5. The lowest BCUT2D eigenvalue weighted by Crippen LogP contribution is -2.00. The predicted molar refractivity (Wildman–Crippen MR) is 84.7 cm³/mol. The summed E-state index contributed by atoms with van der Waals surface area (Å²) >= 11 is 3.38. The number of halogens is 1. The molecule has 0 saturated heterocycles. The normalized spacial score (nSPS) is 10.1. The number of hydrogen-bond donors (Lipinski definition) is 0. The number of nitro benzene ring substituents is 1. The summed E-state index contributed by atoms with van der Waals surface area (Å²) in [6.45, 7) is 0.204. The topological polar surface area (TPSA) is 70.8 Å². The van der Waals surface area contributed by atoms with Crippen LogP contribution < -0.4 is 14.2 Å². The molecule has 0 aliphatic rings. The van der Waals surface area contributed by atoms with Crippen molar-refractivity contribution in [1.82, 2.24) is 0 Å². The van der Waals surface area contributed by atoms with E-state index in [0.29, 0.717) is 11.5 Å². The van der Waals surface area contributed by atoms with Gasteiger partial charge in [-0.1, -0.05) is 6.07 Å². The molecular weight excluding hydrogens is 354 g/mol. The van der Waals surface area contributed by atoms with Crippen LogP contribution >= 0.6 is 15.9 Å². The lowest BCUT2D eigenvalue weighted by Gasteiger charge is -2.09. The molecule has 6 nitrogen and oxygen atoms in total. The lowest BCUT2D eigenvalue weighted by atomic mass is 10.2. The van der Waals surface area contributed by atoms with Crippen molar-refractivity contribution in [3.63, 3.8) is 0 Å². The van der Waals surface area contributed by atoms with E-state index in [1.807, 2.05) is 12.1 Å². The Morgan fingerprint density at radius 2 is 1.82 bits per heavy atom. The van der Waals surface area contributed by atoms with Gasteiger partial charge in [0.05, 0.1) is 29.7 Å². The molecule has 0 spiro atoms. The highest BCUT2D eigenvalue weighted by atomic mass is 79.9. The summed E-state index contributed by atoms with van der Waals surface area (Å²) in [5, 5.41) is 11.1. The van der Waals surface area contributed by atoms with Crippen LogP contribution in [0.2, 0.25) is 0 Å². The standard InChI is InChI=1S/C15H14BrNO5/c1-20-11-4-6-15(13(8-11)17(18)19)22-9-10-3-5-14(21-2)12(16)7-10/h3-8H,9H2,1-2H3. The number of rotatable bonds is 6. The van der Waals surface area contributed by atoms with E-state index in [9.17, 15) is 10.1 Å². The van der Waals surface area contributed by atoms with Crippen molar-refractivity contribution in [3.8, 4) is 17.2 Å². The van der Waals surface area contributed by atoms with Gasteiger partial charge in [0.2, 0.25) is 0 Å². The molecule has 2 aromatic rings. The molecule has 116 valence electrons. The van der Waals surface area contributed by atoms with Gasteiger partial charge in [-0.05, 0) is 45.8 Å². The molecule has 0 unspecified atom stereocenters. The quantitative estimate of drug-likeness (QED) is 0.570.